The molecule has 0 aliphatic carbocycles. The summed E-state index contributed by atoms with van der Waals surface area (Å²) >= 11 is 0. The molecule has 2 heterocycles. The molecule has 0 spiro atoms. The lowest BCUT2D eigenvalue weighted by Crippen LogP contribution is -2.45. The van der Waals surface area contributed by atoms with Gasteiger partial charge in [0.2, 0.25) is 0 Å². The Kier molecular flexibility index (Phi) is 5.74. The second-order valence-corrected chi connectivity index (χ2v) is 6.57. The van der Waals surface area contributed by atoms with E-state index < -0.39 is 0 Å². The first kappa shape index (κ1) is 15.8. The summed E-state index contributed by atoms with van der Waals surface area (Å²) in [7, 11) is 0. The monoisotopic (exact) mass is 302 g/mol. The molecule has 0 N–H and O–H groups in total. The molecule has 2 saturated heterocycles. The van der Waals surface area contributed by atoms with Crippen molar-refractivity contribution in [1.29, 1.82) is 0 Å². The summed E-state index contributed by atoms with van der Waals surface area (Å²) in [5.74, 6) is 0.988. The van der Waals surface area contributed by atoms with Crippen LogP contribution in [0.15, 0.2) is 24.3 Å². The molecule has 2 aliphatic rings. The molecule has 0 saturated carbocycles. The van der Waals surface area contributed by atoms with Crippen LogP contribution in [-0.2, 0) is 0 Å². The van der Waals surface area contributed by atoms with E-state index in [-0.39, 0.29) is 0 Å². The molecule has 3 rings (SSSR count). The lowest BCUT2D eigenvalue weighted by molar-refractivity contribution is 0.0156. The summed E-state index contributed by atoms with van der Waals surface area (Å²) in [5.41, 5.74) is 1.44. The highest BCUT2D eigenvalue weighted by Crippen LogP contribution is 2.31. The Balaban J connectivity index is 1.79. The van der Waals surface area contributed by atoms with Gasteiger partial charge in [-0.3, -0.25) is 9.80 Å². The van der Waals surface area contributed by atoms with Gasteiger partial charge in [0.05, 0.1) is 12.8 Å². The molecule has 3 nitrogen and oxygen atoms in total. The number of hydrogen-bond donors (Lipinski definition) is 0. The van der Waals surface area contributed by atoms with Gasteiger partial charge in [-0.15, -0.1) is 0 Å². The molecule has 0 bridgehead atoms. The van der Waals surface area contributed by atoms with E-state index in [1.54, 1.807) is 0 Å². The van der Waals surface area contributed by atoms with Crippen molar-refractivity contribution in [3.63, 3.8) is 0 Å². The van der Waals surface area contributed by atoms with Crippen molar-refractivity contribution in [1.82, 2.24) is 9.80 Å². The fourth-order valence-electron chi connectivity index (χ4n) is 3.88. The summed E-state index contributed by atoms with van der Waals surface area (Å²) in [6.45, 7) is 7.75. The van der Waals surface area contributed by atoms with Gasteiger partial charge in [-0.25, -0.2) is 0 Å². The van der Waals surface area contributed by atoms with Gasteiger partial charge in [0.1, 0.15) is 5.75 Å². The zero-order valence-corrected chi connectivity index (χ0v) is 14.0. The fraction of sp³-hybridized carbons (Fsp3) is 0.684. The Labute approximate surface area is 135 Å². The molecule has 0 amide bonds. The summed E-state index contributed by atoms with van der Waals surface area (Å²) in [6.07, 6.45) is 8.65. The minimum absolute atomic E-state index is 0.469. The van der Waals surface area contributed by atoms with Crippen molar-refractivity contribution in [3.8, 4) is 5.75 Å². The normalized spacial score (nSPS) is 21.2. The number of rotatable bonds is 5. The highest BCUT2D eigenvalue weighted by molar-refractivity contribution is 5.29. The van der Waals surface area contributed by atoms with Crippen molar-refractivity contribution in [2.75, 3.05) is 32.8 Å². The number of piperidine rings is 2. The fourth-order valence-corrected chi connectivity index (χ4v) is 3.88. The van der Waals surface area contributed by atoms with Crippen LogP contribution < -0.4 is 4.74 Å². The van der Waals surface area contributed by atoms with Crippen LogP contribution in [0.3, 0.4) is 0 Å². The molecule has 0 radical (unpaired) electrons. The van der Waals surface area contributed by atoms with Crippen molar-refractivity contribution in [2.24, 2.45) is 0 Å². The van der Waals surface area contributed by atoms with E-state index in [1.807, 2.05) is 6.92 Å². The molecule has 122 valence electrons. The smallest absolute Gasteiger partial charge is 0.119 e. The third-order valence-electron chi connectivity index (χ3n) is 4.96. The van der Waals surface area contributed by atoms with E-state index in [9.17, 15) is 0 Å². The molecule has 22 heavy (non-hydrogen) atoms. The number of hydrogen-bond acceptors (Lipinski definition) is 3. The van der Waals surface area contributed by atoms with Crippen LogP contribution in [-0.4, -0.2) is 42.6 Å². The van der Waals surface area contributed by atoms with Crippen LogP contribution in [0.25, 0.3) is 0 Å². The Morgan fingerprint density at radius 1 is 0.818 bits per heavy atom. The summed E-state index contributed by atoms with van der Waals surface area (Å²) in [6, 6.07) is 8.83. The topological polar surface area (TPSA) is 15.7 Å². The summed E-state index contributed by atoms with van der Waals surface area (Å²) < 4.78 is 5.60. The molecule has 0 atom stereocenters. The van der Waals surface area contributed by atoms with Gasteiger partial charge in [0.25, 0.3) is 0 Å². The highest BCUT2D eigenvalue weighted by Gasteiger charge is 2.28. The zero-order valence-electron chi connectivity index (χ0n) is 14.0. The summed E-state index contributed by atoms with van der Waals surface area (Å²) in [4.78, 5) is 5.40. The van der Waals surface area contributed by atoms with Crippen molar-refractivity contribution in [2.45, 2.75) is 51.6 Å². The minimum Gasteiger partial charge on any atom is -0.494 e. The maximum atomic E-state index is 5.60. The quantitative estimate of drug-likeness (QED) is 0.816. The van der Waals surface area contributed by atoms with E-state index >= 15 is 0 Å². The average Bonchev–Trinajstić information content (AvgIpc) is 2.59. The number of likely N-dealkylation sites (tertiary alicyclic amines) is 2. The minimum atomic E-state index is 0.469. The third kappa shape index (κ3) is 3.82. The van der Waals surface area contributed by atoms with Gasteiger partial charge in [-0.1, -0.05) is 25.0 Å². The van der Waals surface area contributed by atoms with Crippen molar-refractivity contribution < 1.29 is 4.74 Å². The van der Waals surface area contributed by atoms with Crippen LogP contribution in [0, 0.1) is 0 Å². The maximum absolute atomic E-state index is 5.60. The largest absolute Gasteiger partial charge is 0.494 e. The van der Waals surface area contributed by atoms with Crippen molar-refractivity contribution in [3.05, 3.63) is 29.8 Å². The van der Waals surface area contributed by atoms with Gasteiger partial charge < -0.3 is 4.74 Å². The van der Waals surface area contributed by atoms with Gasteiger partial charge in [-0.05, 0) is 76.5 Å². The van der Waals surface area contributed by atoms with E-state index in [0.717, 1.165) is 12.4 Å². The van der Waals surface area contributed by atoms with Crippen LogP contribution in [0.1, 0.15) is 57.2 Å². The first-order valence-corrected chi connectivity index (χ1v) is 9.09. The Morgan fingerprint density at radius 3 is 1.77 bits per heavy atom. The number of benzene rings is 1. The van der Waals surface area contributed by atoms with Crippen LogP contribution in [0.5, 0.6) is 5.75 Å². The maximum Gasteiger partial charge on any atom is 0.119 e. The standard InChI is InChI=1S/C19H30N2O/c1-2-22-18-11-9-17(10-12-18)19(20-13-5-3-6-14-20)21-15-7-4-8-16-21/h9-12,19H,2-8,13-16H2,1H3. The first-order valence-electron chi connectivity index (χ1n) is 9.09. The predicted molar refractivity (Wildman–Crippen MR) is 91.2 cm³/mol. The van der Waals surface area contributed by atoms with E-state index in [4.69, 9.17) is 4.74 Å². The SMILES string of the molecule is CCOc1ccc(C(N2CCCCC2)N2CCCCC2)cc1. The molecule has 2 fully saturated rings. The second kappa shape index (κ2) is 7.98. The molecule has 1 aromatic rings. The molecular weight excluding hydrogens is 272 g/mol. The Morgan fingerprint density at radius 2 is 1.32 bits per heavy atom. The number of nitrogens with zero attached hydrogens (tertiary/aromatic N) is 2. The Bertz CT molecular complexity index is 415. The molecule has 0 aromatic heterocycles. The predicted octanol–water partition coefficient (Wildman–Crippen LogP) is 4.06. The third-order valence-corrected chi connectivity index (χ3v) is 4.96. The van der Waals surface area contributed by atoms with E-state index in [0.29, 0.717) is 6.17 Å². The van der Waals surface area contributed by atoms with Gasteiger partial charge in [-0.2, -0.15) is 0 Å². The van der Waals surface area contributed by atoms with Crippen LogP contribution in [0.2, 0.25) is 0 Å². The van der Waals surface area contributed by atoms with Crippen LogP contribution in [0.4, 0.5) is 0 Å². The van der Waals surface area contributed by atoms with Gasteiger partial charge >= 0.3 is 0 Å². The van der Waals surface area contributed by atoms with E-state index in [1.165, 1.54) is 70.3 Å². The lowest BCUT2D eigenvalue weighted by atomic mass is 10.0. The first-order chi connectivity index (χ1) is 10.9. The summed E-state index contributed by atoms with van der Waals surface area (Å²) in [5, 5.41) is 0. The zero-order chi connectivity index (χ0) is 15.2. The molecular formula is C19H30N2O. The molecule has 0 unspecified atom stereocenters. The van der Waals surface area contributed by atoms with Crippen molar-refractivity contribution >= 4 is 0 Å². The molecule has 2 aliphatic heterocycles. The van der Waals surface area contributed by atoms with Crippen LogP contribution >= 0.6 is 0 Å². The molecule has 1 aromatic carbocycles. The number of ether oxygens (including phenoxy) is 1. The Hall–Kier alpha value is -1.06. The lowest BCUT2D eigenvalue weighted by Gasteiger charge is -2.43. The van der Waals surface area contributed by atoms with E-state index in [2.05, 4.69) is 34.1 Å². The average molecular weight is 302 g/mol. The molecule has 3 heteroatoms. The van der Waals surface area contributed by atoms with Gasteiger partial charge in [0.15, 0.2) is 0 Å². The second-order valence-electron chi connectivity index (χ2n) is 6.57. The highest BCUT2D eigenvalue weighted by atomic mass is 16.5. The van der Waals surface area contributed by atoms with Gasteiger partial charge in [0, 0.05) is 0 Å².